The fourth-order valence-electron chi connectivity index (χ4n) is 1.05. The molecular formula is C12H22O. The number of unbranched alkanes of at least 4 members (excludes halogenated alkanes) is 4. The first-order valence-electron chi connectivity index (χ1n) is 5.34. The van der Waals surface area contributed by atoms with Crippen LogP contribution in [0.2, 0.25) is 0 Å². The highest BCUT2D eigenvalue weighted by Gasteiger charge is 1.80. The van der Waals surface area contributed by atoms with Crippen LogP contribution in [0.5, 0.6) is 0 Å². The van der Waals surface area contributed by atoms with E-state index in [0.717, 1.165) is 19.3 Å². The van der Waals surface area contributed by atoms with Crippen molar-refractivity contribution in [2.75, 3.05) is 6.61 Å². The Kier molecular flexibility index (Phi) is 10.9. The molecule has 0 bridgehead atoms. The molecule has 0 fully saturated rings. The van der Waals surface area contributed by atoms with Gasteiger partial charge in [0.2, 0.25) is 0 Å². The van der Waals surface area contributed by atoms with Crippen LogP contribution < -0.4 is 0 Å². The molecule has 0 aromatic rings. The van der Waals surface area contributed by atoms with Gasteiger partial charge < -0.3 is 5.11 Å². The summed E-state index contributed by atoms with van der Waals surface area (Å²) in [5.41, 5.74) is 0. The van der Waals surface area contributed by atoms with E-state index in [4.69, 9.17) is 5.11 Å². The topological polar surface area (TPSA) is 20.2 Å². The lowest BCUT2D eigenvalue weighted by atomic mass is 10.2. The number of hydrogen-bond acceptors (Lipinski definition) is 1. The Bertz CT molecular complexity index is 136. The molecule has 1 N–H and O–H groups in total. The predicted octanol–water partition coefficient (Wildman–Crippen LogP) is 3.45. The molecule has 0 aromatic carbocycles. The normalized spacial score (nSPS) is 11.8. The van der Waals surface area contributed by atoms with Crippen molar-refractivity contribution in [2.45, 2.75) is 45.4 Å². The fraction of sp³-hybridized carbons (Fsp3) is 0.667. The van der Waals surface area contributed by atoms with Crippen molar-refractivity contribution in [3.8, 4) is 0 Å². The minimum atomic E-state index is 0.320. The number of rotatable bonds is 8. The molecule has 0 aromatic heterocycles. The Hall–Kier alpha value is -0.560. The number of hydrogen-bond donors (Lipinski definition) is 1. The molecule has 13 heavy (non-hydrogen) atoms. The molecular weight excluding hydrogens is 160 g/mol. The Labute approximate surface area is 82.2 Å². The van der Waals surface area contributed by atoms with Crippen molar-refractivity contribution >= 4 is 0 Å². The van der Waals surface area contributed by atoms with E-state index < -0.39 is 0 Å². The molecule has 0 aliphatic rings. The molecule has 0 saturated carbocycles. The van der Waals surface area contributed by atoms with E-state index in [1.807, 2.05) is 0 Å². The van der Waals surface area contributed by atoms with Crippen molar-refractivity contribution in [2.24, 2.45) is 0 Å². The maximum absolute atomic E-state index is 8.53. The predicted molar refractivity (Wildman–Crippen MR) is 58.7 cm³/mol. The lowest BCUT2D eigenvalue weighted by Gasteiger charge is -1.89. The molecule has 0 amide bonds. The first-order valence-corrected chi connectivity index (χ1v) is 5.34. The van der Waals surface area contributed by atoms with Gasteiger partial charge in [0, 0.05) is 6.61 Å². The molecule has 0 heterocycles. The summed E-state index contributed by atoms with van der Waals surface area (Å²) in [7, 11) is 0. The van der Waals surface area contributed by atoms with Gasteiger partial charge in [-0.05, 0) is 25.7 Å². The van der Waals surface area contributed by atoms with Crippen molar-refractivity contribution in [1.82, 2.24) is 0 Å². The largest absolute Gasteiger partial charge is 0.396 e. The van der Waals surface area contributed by atoms with E-state index in [0.29, 0.717) is 6.61 Å². The Morgan fingerprint density at radius 3 is 2.08 bits per heavy atom. The van der Waals surface area contributed by atoms with Gasteiger partial charge in [-0.3, -0.25) is 0 Å². The molecule has 1 heteroatoms. The fourth-order valence-corrected chi connectivity index (χ4v) is 1.05. The second-order valence-corrected chi connectivity index (χ2v) is 3.22. The molecule has 1 nitrogen and oxygen atoms in total. The first-order chi connectivity index (χ1) is 6.41. The van der Waals surface area contributed by atoms with Gasteiger partial charge in [0.05, 0.1) is 0 Å². The summed E-state index contributed by atoms with van der Waals surface area (Å²) >= 11 is 0. The summed E-state index contributed by atoms with van der Waals surface area (Å²) in [4.78, 5) is 0. The van der Waals surface area contributed by atoms with E-state index in [9.17, 15) is 0 Å². The van der Waals surface area contributed by atoms with Gasteiger partial charge in [0.1, 0.15) is 0 Å². The highest BCUT2D eigenvalue weighted by molar-refractivity contribution is 5.02. The van der Waals surface area contributed by atoms with Gasteiger partial charge in [-0.2, -0.15) is 0 Å². The minimum absolute atomic E-state index is 0.320. The third-order valence-corrected chi connectivity index (χ3v) is 1.89. The van der Waals surface area contributed by atoms with Crippen molar-refractivity contribution < 1.29 is 5.11 Å². The van der Waals surface area contributed by atoms with Crippen LogP contribution in [0.1, 0.15) is 45.4 Å². The van der Waals surface area contributed by atoms with Gasteiger partial charge in [-0.25, -0.2) is 0 Å². The monoisotopic (exact) mass is 182 g/mol. The molecule has 0 atom stereocenters. The molecule has 0 radical (unpaired) electrons. The van der Waals surface area contributed by atoms with Crippen LogP contribution >= 0.6 is 0 Å². The summed E-state index contributed by atoms with van der Waals surface area (Å²) in [6, 6.07) is 0. The van der Waals surface area contributed by atoms with Gasteiger partial charge in [0.25, 0.3) is 0 Å². The van der Waals surface area contributed by atoms with Gasteiger partial charge >= 0.3 is 0 Å². The van der Waals surface area contributed by atoms with Crippen LogP contribution in [0.15, 0.2) is 24.3 Å². The molecule has 0 unspecified atom stereocenters. The standard InChI is InChI=1S/C12H22O/c1-2-3-4-5-6-7-8-9-10-11-12-13/h5-8,13H,2-4,9-12H2,1H3/b6-5+,8-7-. The zero-order valence-corrected chi connectivity index (χ0v) is 8.71. The zero-order chi connectivity index (χ0) is 9.78. The number of aliphatic hydroxyl groups excluding tert-OH is 1. The van der Waals surface area contributed by atoms with Crippen LogP contribution in [0.25, 0.3) is 0 Å². The van der Waals surface area contributed by atoms with Crippen LogP contribution in [0, 0.1) is 0 Å². The van der Waals surface area contributed by atoms with Crippen LogP contribution in [0.3, 0.4) is 0 Å². The molecule has 0 spiro atoms. The summed E-state index contributed by atoms with van der Waals surface area (Å²) < 4.78 is 0. The molecule has 0 rings (SSSR count). The van der Waals surface area contributed by atoms with Crippen LogP contribution in [-0.4, -0.2) is 11.7 Å². The second-order valence-electron chi connectivity index (χ2n) is 3.22. The smallest absolute Gasteiger partial charge is 0.0431 e. The number of allylic oxidation sites excluding steroid dienone is 4. The molecule has 0 saturated heterocycles. The van der Waals surface area contributed by atoms with Gasteiger partial charge in [-0.15, -0.1) is 0 Å². The zero-order valence-electron chi connectivity index (χ0n) is 8.71. The third kappa shape index (κ3) is 11.4. The van der Waals surface area contributed by atoms with E-state index in [1.165, 1.54) is 19.3 Å². The highest BCUT2D eigenvalue weighted by atomic mass is 16.2. The van der Waals surface area contributed by atoms with E-state index in [1.54, 1.807) is 0 Å². The average molecular weight is 182 g/mol. The lowest BCUT2D eigenvalue weighted by Crippen LogP contribution is -1.79. The SMILES string of the molecule is CCCC/C=C/C=C\CCCCO. The summed E-state index contributed by atoms with van der Waals surface area (Å²) in [5, 5.41) is 8.53. The first kappa shape index (κ1) is 12.4. The Morgan fingerprint density at radius 1 is 0.923 bits per heavy atom. The summed E-state index contributed by atoms with van der Waals surface area (Å²) in [6.07, 6.45) is 15.4. The molecule has 0 aliphatic carbocycles. The summed E-state index contributed by atoms with van der Waals surface area (Å²) in [6.45, 7) is 2.53. The maximum atomic E-state index is 8.53. The molecule has 76 valence electrons. The summed E-state index contributed by atoms with van der Waals surface area (Å²) in [5.74, 6) is 0. The average Bonchev–Trinajstić information content (AvgIpc) is 2.16. The lowest BCUT2D eigenvalue weighted by molar-refractivity contribution is 0.285. The van der Waals surface area contributed by atoms with Gasteiger partial charge in [-0.1, -0.05) is 44.1 Å². The minimum Gasteiger partial charge on any atom is -0.396 e. The highest BCUT2D eigenvalue weighted by Crippen LogP contribution is 1.97. The quantitative estimate of drug-likeness (QED) is 0.450. The van der Waals surface area contributed by atoms with Crippen LogP contribution in [-0.2, 0) is 0 Å². The van der Waals surface area contributed by atoms with Crippen LogP contribution in [0.4, 0.5) is 0 Å². The van der Waals surface area contributed by atoms with Crippen molar-refractivity contribution in [1.29, 1.82) is 0 Å². The maximum Gasteiger partial charge on any atom is 0.0431 e. The Morgan fingerprint density at radius 2 is 1.54 bits per heavy atom. The van der Waals surface area contributed by atoms with Crippen molar-refractivity contribution in [3.63, 3.8) is 0 Å². The van der Waals surface area contributed by atoms with Gasteiger partial charge in [0.15, 0.2) is 0 Å². The second kappa shape index (κ2) is 11.4. The molecule has 0 aliphatic heterocycles. The van der Waals surface area contributed by atoms with E-state index >= 15 is 0 Å². The number of aliphatic hydroxyl groups is 1. The Balaban J connectivity index is 3.15. The van der Waals surface area contributed by atoms with E-state index in [-0.39, 0.29) is 0 Å². The van der Waals surface area contributed by atoms with Crippen molar-refractivity contribution in [3.05, 3.63) is 24.3 Å². The van der Waals surface area contributed by atoms with E-state index in [2.05, 4.69) is 31.2 Å². The third-order valence-electron chi connectivity index (χ3n) is 1.89.